The van der Waals surface area contributed by atoms with Crippen molar-refractivity contribution < 1.29 is 19.1 Å². The molecule has 0 aliphatic rings. The van der Waals surface area contributed by atoms with Crippen molar-refractivity contribution in [3.8, 4) is 11.5 Å². The van der Waals surface area contributed by atoms with Crippen molar-refractivity contribution >= 4 is 45.1 Å². The lowest BCUT2D eigenvalue weighted by molar-refractivity contribution is -0.135. The molecule has 3 aromatic carbocycles. The van der Waals surface area contributed by atoms with Crippen LogP contribution in [0.15, 0.2) is 42.5 Å². The molecule has 188 valence electrons. The molecule has 5 heteroatoms. The number of unbranched alkanes of at least 4 members (excludes halogenated alkanes) is 8. The summed E-state index contributed by atoms with van der Waals surface area (Å²) in [5.74, 6) is 0.450. The van der Waals surface area contributed by atoms with E-state index in [0.717, 1.165) is 49.3 Å². The van der Waals surface area contributed by atoms with Crippen LogP contribution in [0.1, 0.15) is 90.9 Å². The van der Waals surface area contributed by atoms with Crippen molar-refractivity contribution in [1.82, 2.24) is 0 Å². The lowest BCUT2D eigenvalue weighted by Crippen LogP contribution is -2.10. The van der Waals surface area contributed by atoms with E-state index in [1.165, 1.54) is 25.7 Å². The summed E-state index contributed by atoms with van der Waals surface area (Å²) >= 11 is 6.33. The lowest BCUT2D eigenvalue weighted by Gasteiger charge is -2.17. The molecule has 0 spiro atoms. The molecule has 0 aliphatic heterocycles. The third kappa shape index (κ3) is 7.70. The van der Waals surface area contributed by atoms with Gasteiger partial charge >= 0.3 is 11.9 Å². The smallest absolute Gasteiger partial charge is 0.311 e. The van der Waals surface area contributed by atoms with E-state index >= 15 is 0 Å². The maximum absolute atomic E-state index is 12.7. The van der Waals surface area contributed by atoms with Crippen LogP contribution >= 0.6 is 11.6 Å². The summed E-state index contributed by atoms with van der Waals surface area (Å²) in [7, 11) is 0. The zero-order chi connectivity index (χ0) is 25.0. The normalized spacial score (nSPS) is 11.2. The molecular weight excluding hydrogens is 460 g/mol. The number of benzene rings is 3. The Balaban J connectivity index is 1.88. The zero-order valence-corrected chi connectivity index (χ0v) is 21.8. The van der Waals surface area contributed by atoms with E-state index in [1.807, 2.05) is 30.3 Å². The fraction of sp³-hybridized carbons (Fsp3) is 0.467. The topological polar surface area (TPSA) is 52.6 Å². The fourth-order valence-corrected chi connectivity index (χ4v) is 4.54. The van der Waals surface area contributed by atoms with Gasteiger partial charge in [-0.25, -0.2) is 0 Å². The minimum atomic E-state index is -0.259. The van der Waals surface area contributed by atoms with Gasteiger partial charge in [-0.15, -0.1) is 0 Å². The van der Waals surface area contributed by atoms with Crippen LogP contribution in [-0.4, -0.2) is 11.9 Å². The number of hydrogen-bond acceptors (Lipinski definition) is 4. The molecule has 0 radical (unpaired) electrons. The summed E-state index contributed by atoms with van der Waals surface area (Å²) in [5.41, 5.74) is 0. The molecule has 35 heavy (non-hydrogen) atoms. The lowest BCUT2D eigenvalue weighted by atomic mass is 10.0. The van der Waals surface area contributed by atoms with Gasteiger partial charge in [0.1, 0.15) is 11.5 Å². The van der Waals surface area contributed by atoms with Crippen molar-refractivity contribution in [2.24, 2.45) is 0 Å². The number of fused-ring (bicyclic) bond motifs is 2. The van der Waals surface area contributed by atoms with Crippen molar-refractivity contribution in [3.05, 3.63) is 47.5 Å². The summed E-state index contributed by atoms with van der Waals surface area (Å²) in [6, 6.07) is 12.9. The molecule has 0 saturated heterocycles. The predicted octanol–water partition coefficient (Wildman–Crippen LogP) is 9.18. The largest absolute Gasteiger partial charge is 0.425 e. The van der Waals surface area contributed by atoms with Gasteiger partial charge in [-0.3, -0.25) is 9.59 Å². The third-order valence-corrected chi connectivity index (χ3v) is 6.52. The van der Waals surface area contributed by atoms with Crippen molar-refractivity contribution in [2.75, 3.05) is 0 Å². The fourth-order valence-electron chi connectivity index (χ4n) is 4.37. The van der Waals surface area contributed by atoms with E-state index in [1.54, 1.807) is 12.1 Å². The van der Waals surface area contributed by atoms with Gasteiger partial charge in [0.2, 0.25) is 0 Å². The number of esters is 2. The highest BCUT2D eigenvalue weighted by molar-refractivity contribution is 6.31. The van der Waals surface area contributed by atoms with Gasteiger partial charge < -0.3 is 9.47 Å². The Bertz CT molecular complexity index is 1140. The molecule has 0 bridgehead atoms. The zero-order valence-electron chi connectivity index (χ0n) is 21.0. The molecule has 3 aromatic rings. The van der Waals surface area contributed by atoms with Gasteiger partial charge in [0.25, 0.3) is 0 Å². The molecule has 0 heterocycles. The van der Waals surface area contributed by atoms with Gasteiger partial charge in [-0.05, 0) is 31.0 Å². The highest BCUT2D eigenvalue weighted by Crippen LogP contribution is 2.44. The molecular formula is C30H37ClO4. The number of carbonyl (C=O) groups is 2. The molecule has 3 rings (SSSR count). The van der Waals surface area contributed by atoms with Crippen molar-refractivity contribution in [2.45, 2.75) is 90.9 Å². The van der Waals surface area contributed by atoms with E-state index in [2.05, 4.69) is 13.8 Å². The van der Waals surface area contributed by atoms with Crippen LogP contribution in [0.25, 0.3) is 21.5 Å². The SMILES string of the molecule is CCCCCCCC(=O)Oc1c2ccccc2c(OC(=O)CCCCCCC)c2cc(Cl)ccc12. The van der Waals surface area contributed by atoms with Crippen LogP contribution in [0.5, 0.6) is 11.5 Å². The summed E-state index contributed by atoms with van der Waals surface area (Å²) in [4.78, 5) is 25.5. The van der Waals surface area contributed by atoms with E-state index in [0.29, 0.717) is 40.1 Å². The Morgan fingerprint density at radius 2 is 1.09 bits per heavy atom. The Kier molecular flexibility index (Phi) is 10.9. The van der Waals surface area contributed by atoms with Gasteiger partial charge in [0.15, 0.2) is 0 Å². The number of rotatable bonds is 14. The molecule has 0 aliphatic carbocycles. The first-order chi connectivity index (χ1) is 17.0. The Morgan fingerprint density at radius 3 is 1.60 bits per heavy atom. The first-order valence-electron chi connectivity index (χ1n) is 13.1. The van der Waals surface area contributed by atoms with E-state index in [4.69, 9.17) is 21.1 Å². The second-order valence-electron chi connectivity index (χ2n) is 9.17. The van der Waals surface area contributed by atoms with Crippen LogP contribution in [0.2, 0.25) is 5.02 Å². The van der Waals surface area contributed by atoms with E-state index < -0.39 is 0 Å². The predicted molar refractivity (Wildman–Crippen MR) is 144 cm³/mol. The van der Waals surface area contributed by atoms with Crippen LogP contribution in [0.3, 0.4) is 0 Å². The second kappa shape index (κ2) is 14.1. The van der Waals surface area contributed by atoms with Gasteiger partial charge in [-0.1, -0.05) is 101 Å². The average molecular weight is 497 g/mol. The molecule has 0 atom stereocenters. The summed E-state index contributed by atoms with van der Waals surface area (Å²) in [6.45, 7) is 4.34. The monoisotopic (exact) mass is 496 g/mol. The Labute approximate surface area is 213 Å². The first-order valence-corrected chi connectivity index (χ1v) is 13.5. The maximum atomic E-state index is 12.7. The van der Waals surface area contributed by atoms with Crippen molar-refractivity contribution in [1.29, 1.82) is 0 Å². The third-order valence-electron chi connectivity index (χ3n) is 6.29. The molecule has 0 saturated carbocycles. The molecule has 0 N–H and O–H groups in total. The van der Waals surface area contributed by atoms with Gasteiger partial charge in [0.05, 0.1) is 0 Å². The number of carbonyl (C=O) groups excluding carboxylic acids is 2. The van der Waals surface area contributed by atoms with E-state index in [-0.39, 0.29) is 11.9 Å². The maximum Gasteiger partial charge on any atom is 0.311 e. The quantitative estimate of drug-likeness (QED) is 0.0965. The summed E-state index contributed by atoms with van der Waals surface area (Å²) in [5, 5.41) is 3.37. The Hall–Kier alpha value is -2.59. The molecule has 0 aromatic heterocycles. The van der Waals surface area contributed by atoms with E-state index in [9.17, 15) is 9.59 Å². The van der Waals surface area contributed by atoms with Crippen LogP contribution < -0.4 is 9.47 Å². The van der Waals surface area contributed by atoms with Gasteiger partial charge in [-0.2, -0.15) is 0 Å². The van der Waals surface area contributed by atoms with Crippen LogP contribution in [0, 0.1) is 0 Å². The minimum Gasteiger partial charge on any atom is -0.425 e. The van der Waals surface area contributed by atoms with Crippen molar-refractivity contribution in [3.63, 3.8) is 0 Å². The number of ether oxygens (including phenoxy) is 2. The Morgan fingerprint density at radius 1 is 0.629 bits per heavy atom. The van der Waals surface area contributed by atoms with Gasteiger partial charge in [0, 0.05) is 39.4 Å². The first kappa shape index (κ1) is 27.0. The standard InChI is InChI=1S/C30H37ClO4/c1-3-5-7-9-11-17-27(32)34-29-23-15-13-14-16-24(23)30(26-21-22(31)19-20-25(26)29)35-28(33)18-12-10-8-6-4-2/h13-16,19-21H,3-12,17-18H2,1-2H3. The minimum absolute atomic E-state index is 0.250. The summed E-state index contributed by atoms with van der Waals surface area (Å²) < 4.78 is 11.9. The number of halogens is 1. The number of hydrogen-bond donors (Lipinski definition) is 0. The highest BCUT2D eigenvalue weighted by Gasteiger charge is 2.20. The second-order valence-corrected chi connectivity index (χ2v) is 9.61. The molecule has 0 amide bonds. The van der Waals surface area contributed by atoms with Crippen LogP contribution in [0.4, 0.5) is 0 Å². The summed E-state index contributed by atoms with van der Waals surface area (Å²) in [6.07, 6.45) is 11.4. The molecule has 0 unspecified atom stereocenters. The van der Waals surface area contributed by atoms with Crippen LogP contribution in [-0.2, 0) is 9.59 Å². The average Bonchev–Trinajstić information content (AvgIpc) is 2.85. The molecule has 0 fully saturated rings. The molecule has 4 nitrogen and oxygen atoms in total. The highest BCUT2D eigenvalue weighted by atomic mass is 35.5.